The Labute approximate surface area is 198 Å². The maximum absolute atomic E-state index is 13.6. The van der Waals surface area contributed by atoms with E-state index in [-0.39, 0.29) is 29.5 Å². The van der Waals surface area contributed by atoms with Gasteiger partial charge in [-0.05, 0) is 44.5 Å². The third-order valence-corrected chi connectivity index (χ3v) is 6.67. The number of likely N-dealkylation sites (tertiary alicyclic amines) is 1. The van der Waals surface area contributed by atoms with E-state index in [1.165, 1.54) is 24.8 Å². The van der Waals surface area contributed by atoms with Gasteiger partial charge in [0.15, 0.2) is 5.69 Å². The van der Waals surface area contributed by atoms with Crippen molar-refractivity contribution in [2.24, 2.45) is 0 Å². The Kier molecular flexibility index (Phi) is 7.26. The van der Waals surface area contributed by atoms with Gasteiger partial charge in [0.05, 0.1) is 25.4 Å². The number of allylic oxidation sites excluding steroid dienone is 1. The molecule has 0 radical (unpaired) electrons. The molecule has 9 nitrogen and oxygen atoms in total. The minimum absolute atomic E-state index is 0.0648. The van der Waals surface area contributed by atoms with E-state index in [1.54, 1.807) is 23.0 Å². The summed E-state index contributed by atoms with van der Waals surface area (Å²) in [5.41, 5.74) is 2.31. The fraction of sp³-hybridized carbons (Fsp3) is 0.500. The molecule has 4 rings (SSSR count). The lowest BCUT2D eigenvalue weighted by Crippen LogP contribution is -2.53. The minimum Gasteiger partial charge on any atom is -0.464 e. The molecule has 0 bridgehead atoms. The Morgan fingerprint density at radius 3 is 2.53 bits per heavy atom. The highest BCUT2D eigenvalue weighted by Crippen LogP contribution is 2.29. The summed E-state index contributed by atoms with van der Waals surface area (Å²) in [7, 11) is 1.31. The number of rotatable bonds is 6. The third-order valence-electron chi connectivity index (χ3n) is 6.67. The summed E-state index contributed by atoms with van der Waals surface area (Å²) >= 11 is 0. The highest BCUT2D eigenvalue weighted by Gasteiger charge is 2.40. The van der Waals surface area contributed by atoms with Crippen molar-refractivity contribution >= 4 is 17.6 Å². The Bertz CT molecular complexity index is 1050. The Morgan fingerprint density at radius 2 is 1.88 bits per heavy atom. The second kappa shape index (κ2) is 10.3. The van der Waals surface area contributed by atoms with E-state index in [1.807, 2.05) is 11.8 Å². The van der Waals surface area contributed by atoms with Crippen molar-refractivity contribution in [2.45, 2.75) is 32.4 Å². The van der Waals surface area contributed by atoms with Crippen molar-refractivity contribution in [3.63, 3.8) is 0 Å². The molecule has 1 aromatic heterocycles. The van der Waals surface area contributed by atoms with E-state index < -0.39 is 5.97 Å². The van der Waals surface area contributed by atoms with E-state index in [0.29, 0.717) is 45.7 Å². The first-order chi connectivity index (χ1) is 16.4. The van der Waals surface area contributed by atoms with E-state index in [0.717, 1.165) is 5.69 Å². The molecular weight excluding hydrogens is 439 g/mol. The number of carbonyl (C=O) groups is 2. The Hall–Kier alpha value is -3.27. The molecule has 0 unspecified atom stereocenters. The van der Waals surface area contributed by atoms with Crippen LogP contribution in [0.4, 0.5) is 10.1 Å². The van der Waals surface area contributed by atoms with Gasteiger partial charge in [-0.2, -0.15) is 0 Å². The lowest BCUT2D eigenvalue weighted by atomic mass is 10.1. The third kappa shape index (κ3) is 5.11. The van der Waals surface area contributed by atoms with E-state index in [9.17, 15) is 14.0 Å². The first kappa shape index (κ1) is 23.9. The van der Waals surface area contributed by atoms with Crippen LogP contribution < -0.4 is 4.90 Å². The summed E-state index contributed by atoms with van der Waals surface area (Å²) in [5.74, 6) is -0.674. The first-order valence-corrected chi connectivity index (χ1v) is 11.5. The number of benzene rings is 1. The molecule has 1 amide bonds. The van der Waals surface area contributed by atoms with Crippen molar-refractivity contribution in [2.75, 3.05) is 51.3 Å². The molecule has 2 aliphatic rings. The Balaban J connectivity index is 1.44. The van der Waals surface area contributed by atoms with Gasteiger partial charge in [-0.15, -0.1) is 5.10 Å². The van der Waals surface area contributed by atoms with Gasteiger partial charge in [0, 0.05) is 45.0 Å². The number of amides is 1. The summed E-state index contributed by atoms with van der Waals surface area (Å²) < 4.78 is 19.6. The molecule has 0 saturated carbocycles. The SMILES string of the molecule is C/C=C(\C)CN1C[C@@H](n2cc(C(=O)OC)nn2)C[C@H]1C(=O)N1CCN(c2ccc(F)cc2)CC1. The number of nitrogens with zero attached hydrogens (tertiary/aromatic N) is 6. The molecule has 0 N–H and O–H groups in total. The predicted molar refractivity (Wildman–Crippen MR) is 125 cm³/mol. The van der Waals surface area contributed by atoms with E-state index >= 15 is 0 Å². The number of carbonyl (C=O) groups excluding carboxylic acids is 2. The molecule has 0 aliphatic carbocycles. The molecular formula is C24H31FN6O3. The van der Waals surface area contributed by atoms with Crippen LogP contribution in [0.25, 0.3) is 0 Å². The average Bonchev–Trinajstić information content (AvgIpc) is 3.51. The van der Waals surface area contributed by atoms with Gasteiger partial charge in [0.25, 0.3) is 0 Å². The zero-order valence-electron chi connectivity index (χ0n) is 19.9. The van der Waals surface area contributed by atoms with Crippen LogP contribution in [0, 0.1) is 5.82 Å². The van der Waals surface area contributed by atoms with Crippen LogP contribution >= 0.6 is 0 Å². The first-order valence-electron chi connectivity index (χ1n) is 11.5. The van der Waals surface area contributed by atoms with E-state index in [4.69, 9.17) is 4.74 Å². The van der Waals surface area contributed by atoms with Gasteiger partial charge in [0.2, 0.25) is 5.91 Å². The monoisotopic (exact) mass is 470 g/mol. The molecule has 2 saturated heterocycles. The summed E-state index contributed by atoms with van der Waals surface area (Å²) in [6.45, 7) is 8.02. The number of esters is 1. The number of anilines is 1. The molecule has 1 aromatic carbocycles. The van der Waals surface area contributed by atoms with Crippen molar-refractivity contribution in [1.29, 1.82) is 0 Å². The predicted octanol–water partition coefficient (Wildman–Crippen LogP) is 2.13. The van der Waals surface area contributed by atoms with Crippen LogP contribution in [0.2, 0.25) is 0 Å². The van der Waals surface area contributed by atoms with Crippen molar-refractivity contribution in [1.82, 2.24) is 24.8 Å². The number of methoxy groups -OCH3 is 1. The molecule has 182 valence electrons. The number of piperazine rings is 1. The number of aromatic nitrogens is 3. The molecule has 10 heteroatoms. The largest absolute Gasteiger partial charge is 0.464 e. The number of hydrogen-bond acceptors (Lipinski definition) is 7. The number of hydrogen-bond donors (Lipinski definition) is 0. The second-order valence-electron chi connectivity index (χ2n) is 8.83. The zero-order valence-corrected chi connectivity index (χ0v) is 19.9. The normalized spacial score (nSPS) is 21.7. The fourth-order valence-electron chi connectivity index (χ4n) is 4.62. The lowest BCUT2D eigenvalue weighted by Gasteiger charge is -2.38. The van der Waals surface area contributed by atoms with Crippen LogP contribution in [0.1, 0.15) is 36.8 Å². The van der Waals surface area contributed by atoms with Gasteiger partial charge in [-0.25, -0.2) is 13.9 Å². The Morgan fingerprint density at radius 1 is 1.18 bits per heavy atom. The molecule has 2 aliphatic heterocycles. The quantitative estimate of drug-likeness (QED) is 0.472. The summed E-state index contributed by atoms with van der Waals surface area (Å²) in [6, 6.07) is 6.13. The molecule has 2 atom stereocenters. The van der Waals surface area contributed by atoms with Crippen molar-refractivity contribution in [3.8, 4) is 0 Å². The highest BCUT2D eigenvalue weighted by atomic mass is 19.1. The minimum atomic E-state index is -0.530. The number of halogens is 1. The van der Waals surface area contributed by atoms with Gasteiger partial charge in [-0.3, -0.25) is 9.69 Å². The van der Waals surface area contributed by atoms with Gasteiger partial charge in [0.1, 0.15) is 5.82 Å². The summed E-state index contributed by atoms with van der Waals surface area (Å²) in [5, 5.41) is 8.04. The van der Waals surface area contributed by atoms with E-state index in [2.05, 4.69) is 33.1 Å². The standard InChI is InChI=1S/C24H31FN6O3/c1-4-17(2)14-30-15-20(31-16-21(26-27-31)24(33)34-3)13-22(30)23(32)29-11-9-28(10-12-29)19-7-5-18(25)6-8-19/h4-8,16,20,22H,9-15H2,1-3H3/b17-4+/t20-,22-/m0/s1. The van der Waals surface area contributed by atoms with Gasteiger partial charge in [-0.1, -0.05) is 16.9 Å². The topological polar surface area (TPSA) is 83.8 Å². The molecule has 3 heterocycles. The molecule has 2 aromatic rings. The van der Waals surface area contributed by atoms with Crippen LogP contribution in [-0.4, -0.2) is 89.1 Å². The average molecular weight is 471 g/mol. The van der Waals surface area contributed by atoms with Gasteiger partial charge >= 0.3 is 5.97 Å². The second-order valence-corrected chi connectivity index (χ2v) is 8.83. The van der Waals surface area contributed by atoms with Crippen molar-refractivity contribution < 1.29 is 18.7 Å². The fourth-order valence-corrected chi connectivity index (χ4v) is 4.62. The van der Waals surface area contributed by atoms with Crippen LogP contribution in [-0.2, 0) is 9.53 Å². The maximum atomic E-state index is 13.6. The van der Waals surface area contributed by atoms with Crippen molar-refractivity contribution in [3.05, 3.63) is 53.6 Å². The summed E-state index contributed by atoms with van der Waals surface area (Å²) in [4.78, 5) is 31.6. The zero-order chi connectivity index (χ0) is 24.2. The molecule has 2 fully saturated rings. The molecule has 0 spiro atoms. The van der Waals surface area contributed by atoms with Crippen LogP contribution in [0.3, 0.4) is 0 Å². The van der Waals surface area contributed by atoms with Gasteiger partial charge < -0.3 is 14.5 Å². The molecule has 34 heavy (non-hydrogen) atoms. The van der Waals surface area contributed by atoms with Crippen LogP contribution in [0.15, 0.2) is 42.1 Å². The summed E-state index contributed by atoms with van der Waals surface area (Å²) in [6.07, 6.45) is 4.24. The number of ether oxygens (including phenoxy) is 1. The highest BCUT2D eigenvalue weighted by molar-refractivity contribution is 5.86. The smallest absolute Gasteiger partial charge is 0.360 e. The lowest BCUT2D eigenvalue weighted by molar-refractivity contribution is -0.136. The maximum Gasteiger partial charge on any atom is 0.360 e. The van der Waals surface area contributed by atoms with Crippen LogP contribution in [0.5, 0.6) is 0 Å².